The number of rotatable bonds is 0. The first-order valence-electron chi connectivity index (χ1n) is 3.44. The van der Waals surface area contributed by atoms with Gasteiger partial charge in [0.1, 0.15) is 0 Å². The van der Waals surface area contributed by atoms with Gasteiger partial charge in [0.2, 0.25) is 0 Å². The highest BCUT2D eigenvalue weighted by atomic mass is 35.5. The summed E-state index contributed by atoms with van der Waals surface area (Å²) >= 11 is 5.74. The van der Waals surface area contributed by atoms with Gasteiger partial charge in [0.25, 0.3) is 0 Å². The highest BCUT2D eigenvalue weighted by Gasteiger charge is 1.98. The molecule has 0 atom stereocenters. The van der Waals surface area contributed by atoms with Crippen LogP contribution in [-0.4, -0.2) is 0 Å². The Bertz CT molecular complexity index is 473. The molecule has 3 heteroatoms. The van der Waals surface area contributed by atoms with E-state index in [1.54, 1.807) is 24.3 Å². The standard InChI is InChI=1S/C9H5ClO2/c10-7-1-2-8-6(5-7)3-4-12-9(8)11/h1-5H. The first-order chi connectivity index (χ1) is 5.77. The van der Waals surface area contributed by atoms with E-state index in [1.165, 1.54) is 6.26 Å². The average molecular weight is 181 g/mol. The Morgan fingerprint density at radius 2 is 2.08 bits per heavy atom. The third-order valence-electron chi connectivity index (χ3n) is 1.66. The molecular weight excluding hydrogens is 176 g/mol. The van der Waals surface area contributed by atoms with E-state index in [0.29, 0.717) is 10.4 Å². The fourth-order valence-electron chi connectivity index (χ4n) is 1.09. The SMILES string of the molecule is O=c1occc2cc(Cl)ccc12. The second kappa shape index (κ2) is 2.64. The van der Waals surface area contributed by atoms with Crippen molar-refractivity contribution >= 4 is 22.4 Å². The number of hydrogen-bond donors (Lipinski definition) is 0. The summed E-state index contributed by atoms with van der Waals surface area (Å²) in [5.41, 5.74) is -0.329. The first kappa shape index (κ1) is 7.37. The van der Waals surface area contributed by atoms with E-state index in [0.717, 1.165) is 5.39 Å². The van der Waals surface area contributed by atoms with Crippen molar-refractivity contribution in [2.24, 2.45) is 0 Å². The highest BCUT2D eigenvalue weighted by molar-refractivity contribution is 6.31. The van der Waals surface area contributed by atoms with Gasteiger partial charge in [-0.1, -0.05) is 11.6 Å². The summed E-state index contributed by atoms with van der Waals surface area (Å²) in [5, 5.41) is 1.98. The molecule has 0 aliphatic rings. The van der Waals surface area contributed by atoms with Gasteiger partial charge in [-0.05, 0) is 29.7 Å². The Labute approximate surface area is 73.4 Å². The van der Waals surface area contributed by atoms with Gasteiger partial charge in [-0.15, -0.1) is 0 Å². The Morgan fingerprint density at radius 3 is 2.92 bits per heavy atom. The molecule has 1 aromatic carbocycles. The van der Waals surface area contributed by atoms with Crippen molar-refractivity contribution in [1.82, 2.24) is 0 Å². The van der Waals surface area contributed by atoms with E-state index in [1.807, 2.05) is 0 Å². The van der Waals surface area contributed by atoms with Crippen LogP contribution in [0.15, 0.2) is 39.7 Å². The topological polar surface area (TPSA) is 30.2 Å². The molecule has 0 bridgehead atoms. The van der Waals surface area contributed by atoms with Crippen LogP contribution in [0.25, 0.3) is 10.8 Å². The minimum absolute atomic E-state index is 0.329. The van der Waals surface area contributed by atoms with Crippen LogP contribution in [0.1, 0.15) is 0 Å². The summed E-state index contributed by atoms with van der Waals surface area (Å²) in [6.07, 6.45) is 1.36. The molecule has 2 aromatic rings. The zero-order valence-electron chi connectivity index (χ0n) is 6.08. The highest BCUT2D eigenvalue weighted by Crippen LogP contribution is 2.15. The Balaban J connectivity index is 2.96. The lowest BCUT2D eigenvalue weighted by Gasteiger charge is -1.94. The molecule has 12 heavy (non-hydrogen) atoms. The van der Waals surface area contributed by atoms with Crippen molar-refractivity contribution in [3.63, 3.8) is 0 Å². The Hall–Kier alpha value is -1.28. The summed E-state index contributed by atoms with van der Waals surface area (Å²) in [5.74, 6) is 0. The summed E-state index contributed by atoms with van der Waals surface area (Å²) < 4.78 is 4.68. The van der Waals surface area contributed by atoms with Crippen molar-refractivity contribution < 1.29 is 4.42 Å². The predicted molar refractivity (Wildman–Crippen MR) is 47.5 cm³/mol. The lowest BCUT2D eigenvalue weighted by Crippen LogP contribution is -1.96. The number of fused-ring (bicyclic) bond motifs is 1. The molecule has 2 rings (SSSR count). The molecule has 0 amide bonds. The number of halogens is 1. The summed E-state index contributed by atoms with van der Waals surface area (Å²) in [6.45, 7) is 0. The summed E-state index contributed by atoms with van der Waals surface area (Å²) in [7, 11) is 0. The smallest absolute Gasteiger partial charge is 0.343 e. The lowest BCUT2D eigenvalue weighted by molar-refractivity contribution is 0.519. The second-order valence-corrected chi connectivity index (χ2v) is 2.88. The van der Waals surface area contributed by atoms with Crippen LogP contribution in [-0.2, 0) is 0 Å². The first-order valence-corrected chi connectivity index (χ1v) is 3.82. The van der Waals surface area contributed by atoms with Gasteiger partial charge < -0.3 is 4.42 Å². The molecule has 0 fully saturated rings. The normalized spacial score (nSPS) is 10.4. The molecule has 1 heterocycles. The van der Waals surface area contributed by atoms with Crippen LogP contribution in [0.2, 0.25) is 5.02 Å². The van der Waals surface area contributed by atoms with Crippen LogP contribution >= 0.6 is 11.6 Å². The van der Waals surface area contributed by atoms with Crippen LogP contribution < -0.4 is 5.63 Å². The largest absolute Gasteiger partial charge is 0.431 e. The molecule has 0 saturated carbocycles. The molecule has 0 radical (unpaired) electrons. The van der Waals surface area contributed by atoms with Gasteiger partial charge >= 0.3 is 5.63 Å². The monoisotopic (exact) mass is 180 g/mol. The van der Waals surface area contributed by atoms with Crippen LogP contribution in [0.4, 0.5) is 0 Å². The van der Waals surface area contributed by atoms with Crippen molar-refractivity contribution in [1.29, 1.82) is 0 Å². The van der Waals surface area contributed by atoms with E-state index in [4.69, 9.17) is 11.6 Å². The van der Waals surface area contributed by atoms with Gasteiger partial charge in [-0.25, -0.2) is 4.79 Å². The molecule has 0 aliphatic heterocycles. The van der Waals surface area contributed by atoms with E-state index in [2.05, 4.69) is 4.42 Å². The zero-order valence-corrected chi connectivity index (χ0v) is 6.84. The maximum absolute atomic E-state index is 11.1. The molecule has 0 spiro atoms. The van der Waals surface area contributed by atoms with Gasteiger partial charge in [0, 0.05) is 5.02 Å². The van der Waals surface area contributed by atoms with Gasteiger partial charge in [-0.3, -0.25) is 0 Å². The third-order valence-corrected chi connectivity index (χ3v) is 1.89. The van der Waals surface area contributed by atoms with Crippen LogP contribution in [0.5, 0.6) is 0 Å². The molecule has 0 N–H and O–H groups in total. The maximum atomic E-state index is 11.1. The minimum Gasteiger partial charge on any atom is -0.431 e. The second-order valence-electron chi connectivity index (χ2n) is 2.44. The van der Waals surface area contributed by atoms with E-state index in [-0.39, 0.29) is 5.63 Å². The lowest BCUT2D eigenvalue weighted by atomic mass is 10.2. The van der Waals surface area contributed by atoms with Crippen molar-refractivity contribution in [3.8, 4) is 0 Å². The summed E-state index contributed by atoms with van der Waals surface area (Å²) in [6, 6.07) is 6.76. The number of hydrogen-bond acceptors (Lipinski definition) is 2. The fourth-order valence-corrected chi connectivity index (χ4v) is 1.27. The quantitative estimate of drug-likeness (QED) is 0.624. The zero-order chi connectivity index (χ0) is 8.55. The van der Waals surface area contributed by atoms with Gasteiger partial charge in [-0.2, -0.15) is 0 Å². The van der Waals surface area contributed by atoms with Crippen molar-refractivity contribution in [2.75, 3.05) is 0 Å². The predicted octanol–water partition coefficient (Wildman–Crippen LogP) is 2.45. The molecule has 60 valence electrons. The minimum atomic E-state index is -0.329. The molecule has 2 nitrogen and oxygen atoms in total. The Kier molecular flexibility index (Phi) is 1.62. The maximum Gasteiger partial charge on any atom is 0.343 e. The Morgan fingerprint density at radius 1 is 1.25 bits per heavy atom. The van der Waals surface area contributed by atoms with Crippen LogP contribution in [0.3, 0.4) is 0 Å². The van der Waals surface area contributed by atoms with Crippen molar-refractivity contribution in [3.05, 3.63) is 46.0 Å². The average Bonchev–Trinajstić information content (AvgIpc) is 2.04. The molecule has 1 aromatic heterocycles. The molecule has 0 aliphatic carbocycles. The van der Waals surface area contributed by atoms with E-state index in [9.17, 15) is 4.79 Å². The molecular formula is C9H5ClO2. The van der Waals surface area contributed by atoms with E-state index < -0.39 is 0 Å². The molecule has 0 saturated heterocycles. The van der Waals surface area contributed by atoms with Gasteiger partial charge in [0.05, 0.1) is 11.6 Å². The van der Waals surface area contributed by atoms with Crippen molar-refractivity contribution in [2.45, 2.75) is 0 Å². The third kappa shape index (κ3) is 1.10. The fraction of sp³-hybridized carbons (Fsp3) is 0. The van der Waals surface area contributed by atoms with E-state index >= 15 is 0 Å². The number of benzene rings is 1. The van der Waals surface area contributed by atoms with Gasteiger partial charge in [0.15, 0.2) is 0 Å². The molecule has 0 unspecified atom stereocenters. The van der Waals surface area contributed by atoms with Crippen LogP contribution in [0, 0.1) is 0 Å². The summed E-state index contributed by atoms with van der Waals surface area (Å²) in [4.78, 5) is 11.1.